The van der Waals surface area contributed by atoms with Gasteiger partial charge in [-0.1, -0.05) is 49.2 Å². The Balaban J connectivity index is 0.000000747. The number of rotatable bonds is 2. The van der Waals surface area contributed by atoms with Crippen LogP contribution >= 0.6 is 20.9 Å². The maximum atomic E-state index is 4.87. The fourth-order valence-corrected chi connectivity index (χ4v) is 6.27. The molecule has 0 amide bonds. The van der Waals surface area contributed by atoms with Gasteiger partial charge in [-0.2, -0.15) is 0 Å². The van der Waals surface area contributed by atoms with Crippen LogP contribution in [-0.2, 0) is 17.9 Å². The summed E-state index contributed by atoms with van der Waals surface area (Å²) in [6.45, 7) is 2.19. The SMILES string of the molecule is Cc1cc(-c2nccc3cc(C4CCCC4)ccc23)c2sc3ccccc3c2c1.[CH3-].[CH3-].[Cl][Ir+2]. The van der Waals surface area contributed by atoms with E-state index in [1.54, 1.807) is 0 Å². The number of thiophene rings is 1. The number of nitrogens with zero attached hydrogens (tertiary/aromatic N) is 1. The molecule has 0 N–H and O–H groups in total. The van der Waals surface area contributed by atoms with Crippen molar-refractivity contribution in [3.63, 3.8) is 0 Å². The maximum absolute atomic E-state index is 4.87. The number of aryl methyl sites for hydroxylation is 1. The van der Waals surface area contributed by atoms with Gasteiger partial charge >= 0.3 is 27.5 Å². The molecule has 2 aromatic heterocycles. The third kappa shape index (κ3) is 4.75. The number of hydrogen-bond donors (Lipinski definition) is 0. The number of halogens is 1. The zero-order valence-corrected chi connectivity index (χ0v) is 23.3. The van der Waals surface area contributed by atoms with Crippen molar-refractivity contribution in [2.45, 2.75) is 38.5 Å². The molecule has 172 valence electrons. The molecule has 0 radical (unpaired) electrons. The van der Waals surface area contributed by atoms with Crippen LogP contribution in [0.15, 0.2) is 66.9 Å². The van der Waals surface area contributed by atoms with E-state index < -0.39 is 0 Å². The molecule has 0 atom stereocenters. The van der Waals surface area contributed by atoms with Crippen molar-refractivity contribution in [1.29, 1.82) is 0 Å². The molecule has 1 fully saturated rings. The van der Waals surface area contributed by atoms with E-state index in [1.165, 1.54) is 91.2 Å². The van der Waals surface area contributed by atoms with Gasteiger partial charge in [0.25, 0.3) is 0 Å². The molecule has 5 aromatic rings. The molecule has 0 aliphatic heterocycles. The van der Waals surface area contributed by atoms with Gasteiger partial charge in [-0.3, -0.25) is 4.98 Å². The molecular weight excluding hydrogens is 622 g/mol. The van der Waals surface area contributed by atoms with Gasteiger partial charge in [-0.25, -0.2) is 0 Å². The summed E-state index contributed by atoms with van der Waals surface area (Å²) in [6.07, 6.45) is 7.40. The Morgan fingerprint density at radius 3 is 2.42 bits per heavy atom. The van der Waals surface area contributed by atoms with Crippen molar-refractivity contribution in [3.8, 4) is 11.3 Å². The molecule has 0 unspecified atom stereocenters. The molecule has 2 heterocycles. The van der Waals surface area contributed by atoms with E-state index >= 15 is 0 Å². The van der Waals surface area contributed by atoms with Crippen LogP contribution in [0.25, 0.3) is 42.2 Å². The Morgan fingerprint density at radius 1 is 0.879 bits per heavy atom. The molecular formula is C29H29ClIrNS. The molecule has 1 aliphatic rings. The first kappa shape index (κ1) is 25.8. The van der Waals surface area contributed by atoms with Crippen molar-refractivity contribution in [1.82, 2.24) is 4.98 Å². The summed E-state index contributed by atoms with van der Waals surface area (Å²) < 4.78 is 2.69. The number of benzene rings is 3. The Kier molecular flexibility index (Phi) is 8.70. The van der Waals surface area contributed by atoms with E-state index in [0.717, 1.165) is 11.6 Å². The van der Waals surface area contributed by atoms with Gasteiger partial charge in [0.1, 0.15) is 0 Å². The van der Waals surface area contributed by atoms with Crippen LogP contribution in [0, 0.1) is 21.8 Å². The van der Waals surface area contributed by atoms with Crippen LogP contribution in [0.3, 0.4) is 0 Å². The molecule has 6 rings (SSSR count). The van der Waals surface area contributed by atoms with Crippen molar-refractivity contribution < 1.29 is 17.9 Å². The fourth-order valence-electron chi connectivity index (χ4n) is 5.07. The van der Waals surface area contributed by atoms with Crippen LogP contribution in [0.4, 0.5) is 0 Å². The molecule has 0 saturated heterocycles. The van der Waals surface area contributed by atoms with E-state index in [-0.39, 0.29) is 14.9 Å². The summed E-state index contributed by atoms with van der Waals surface area (Å²) in [7, 11) is 4.64. The van der Waals surface area contributed by atoms with Gasteiger partial charge in [0.2, 0.25) is 0 Å². The Labute approximate surface area is 216 Å². The predicted octanol–water partition coefficient (Wildman–Crippen LogP) is 9.82. The summed E-state index contributed by atoms with van der Waals surface area (Å²) in [5.41, 5.74) is 5.17. The molecule has 1 nitrogen and oxygen atoms in total. The van der Waals surface area contributed by atoms with E-state index in [0.29, 0.717) is 0 Å². The molecule has 1 saturated carbocycles. The molecule has 0 bridgehead atoms. The molecule has 4 heteroatoms. The van der Waals surface area contributed by atoms with Gasteiger partial charge in [-0.15, -0.1) is 11.3 Å². The monoisotopic (exact) mass is 651 g/mol. The number of fused-ring (bicyclic) bond motifs is 4. The first-order chi connectivity index (χ1) is 15.3. The van der Waals surface area contributed by atoms with Gasteiger partial charge < -0.3 is 14.9 Å². The van der Waals surface area contributed by atoms with Crippen LogP contribution in [0.1, 0.15) is 42.7 Å². The molecule has 33 heavy (non-hydrogen) atoms. The summed E-state index contributed by atoms with van der Waals surface area (Å²) >= 11 is 3.36. The van der Waals surface area contributed by atoms with E-state index in [1.807, 2.05) is 17.5 Å². The normalized spacial score (nSPS) is 13.4. The number of hydrogen-bond acceptors (Lipinski definition) is 2. The summed E-state index contributed by atoms with van der Waals surface area (Å²) in [5.74, 6) is 0.740. The first-order valence-corrected chi connectivity index (χ1v) is 14.5. The molecule has 3 aromatic carbocycles. The average Bonchev–Trinajstić information content (AvgIpc) is 3.48. The van der Waals surface area contributed by atoms with Gasteiger partial charge in [0, 0.05) is 37.3 Å². The standard InChI is InChI=1S/C27H23NS.2CH3.ClH.Ir/c1-17-14-23-22-8-4-5-9-25(22)29-27(23)24(15-17)26-21-11-10-19(18-6-2-3-7-18)16-20(21)12-13-28-26;;;;/h4-5,8-16,18H,2-3,6-7H2,1H3;2*1H3;1H;/q;2*-1;;+3/p-1. The second-order valence-corrected chi connectivity index (χ2v) is 9.46. The zero-order valence-electron chi connectivity index (χ0n) is 19.3. The van der Waals surface area contributed by atoms with E-state index in [9.17, 15) is 0 Å². The van der Waals surface area contributed by atoms with Gasteiger partial charge in [0.15, 0.2) is 0 Å². The summed E-state index contributed by atoms with van der Waals surface area (Å²) in [6, 6.07) is 22.6. The van der Waals surface area contributed by atoms with E-state index in [4.69, 9.17) is 4.98 Å². The van der Waals surface area contributed by atoms with Crippen LogP contribution in [-0.4, -0.2) is 4.98 Å². The molecule has 1 aliphatic carbocycles. The second-order valence-electron chi connectivity index (χ2n) is 8.41. The van der Waals surface area contributed by atoms with Gasteiger partial charge in [0.05, 0.1) is 5.69 Å². The predicted molar refractivity (Wildman–Crippen MR) is 145 cm³/mol. The summed E-state index contributed by atoms with van der Waals surface area (Å²) in [4.78, 5) is 4.87. The Bertz CT molecular complexity index is 1390. The third-order valence-corrected chi connectivity index (χ3v) is 7.71. The minimum absolute atomic E-state index is 0. The quantitative estimate of drug-likeness (QED) is 0.173. The van der Waals surface area contributed by atoms with Gasteiger partial charge in [-0.05, 0) is 66.5 Å². The summed E-state index contributed by atoms with van der Waals surface area (Å²) in [5, 5.41) is 5.27. The molecule has 0 spiro atoms. The van der Waals surface area contributed by atoms with Crippen LogP contribution in [0.5, 0.6) is 0 Å². The first-order valence-electron chi connectivity index (χ1n) is 10.7. The number of aromatic nitrogens is 1. The second kappa shape index (κ2) is 11.1. The minimum atomic E-state index is 0. The average molecular weight is 651 g/mol. The van der Waals surface area contributed by atoms with Crippen LogP contribution in [0.2, 0.25) is 0 Å². The van der Waals surface area contributed by atoms with Crippen molar-refractivity contribution in [2.24, 2.45) is 0 Å². The number of pyridine rings is 1. The Morgan fingerprint density at radius 2 is 1.64 bits per heavy atom. The van der Waals surface area contributed by atoms with E-state index in [2.05, 4.69) is 77.2 Å². The topological polar surface area (TPSA) is 12.9 Å². The third-order valence-electron chi connectivity index (χ3n) is 6.49. The Hall–Kier alpha value is -1.77. The van der Waals surface area contributed by atoms with Crippen LogP contribution < -0.4 is 0 Å². The zero-order chi connectivity index (χ0) is 21.4. The van der Waals surface area contributed by atoms with Crippen molar-refractivity contribution in [3.05, 3.63) is 92.8 Å². The fraction of sp³-hybridized carbons (Fsp3) is 0.207. The van der Waals surface area contributed by atoms with Crippen molar-refractivity contribution >= 4 is 51.9 Å². The van der Waals surface area contributed by atoms with Crippen molar-refractivity contribution in [2.75, 3.05) is 0 Å².